The lowest BCUT2D eigenvalue weighted by Gasteiger charge is -2.34. The van der Waals surface area contributed by atoms with Crippen molar-refractivity contribution in [1.82, 2.24) is 9.80 Å². The van der Waals surface area contributed by atoms with Gasteiger partial charge in [-0.1, -0.05) is 60.7 Å². The Hall–Kier alpha value is -1.92. The summed E-state index contributed by atoms with van der Waals surface area (Å²) in [6.07, 6.45) is 1.48. The first kappa shape index (κ1) is 25.3. The molecule has 3 rings (SSSR count). The molecular formula is C25H35ClN2O3. The van der Waals surface area contributed by atoms with Gasteiger partial charge in [-0.15, -0.1) is 12.4 Å². The molecule has 0 N–H and O–H groups in total. The lowest BCUT2D eigenvalue weighted by Crippen LogP contribution is -2.47. The molecule has 6 heteroatoms. The molecule has 31 heavy (non-hydrogen) atoms. The highest BCUT2D eigenvalue weighted by Crippen LogP contribution is 2.25. The summed E-state index contributed by atoms with van der Waals surface area (Å²) in [5, 5.41) is 0. The number of halogens is 1. The monoisotopic (exact) mass is 446 g/mol. The van der Waals surface area contributed by atoms with E-state index in [0.29, 0.717) is 13.0 Å². The summed E-state index contributed by atoms with van der Waals surface area (Å²) in [7, 11) is 0. The molecule has 0 radical (unpaired) electrons. The molecule has 0 unspecified atom stereocenters. The van der Waals surface area contributed by atoms with E-state index < -0.39 is 0 Å². The van der Waals surface area contributed by atoms with Gasteiger partial charge in [-0.25, -0.2) is 0 Å². The SMILES string of the molecule is CCOC(=O)CCN1CCN(CCCOC(c2ccccc2)c2ccccc2)CC1.Cl. The zero-order valence-corrected chi connectivity index (χ0v) is 19.3. The Balaban J connectivity index is 0.00000341. The van der Waals surface area contributed by atoms with Crippen LogP contribution in [-0.2, 0) is 14.3 Å². The van der Waals surface area contributed by atoms with Crippen molar-refractivity contribution < 1.29 is 14.3 Å². The summed E-state index contributed by atoms with van der Waals surface area (Å²) in [5.74, 6) is -0.0940. The lowest BCUT2D eigenvalue weighted by molar-refractivity contribution is -0.143. The minimum Gasteiger partial charge on any atom is -0.466 e. The molecular weight excluding hydrogens is 412 g/mol. The summed E-state index contributed by atoms with van der Waals surface area (Å²) < 4.78 is 11.3. The summed E-state index contributed by atoms with van der Waals surface area (Å²) >= 11 is 0. The predicted octanol–water partition coefficient (Wildman–Crippen LogP) is 4.18. The van der Waals surface area contributed by atoms with Crippen molar-refractivity contribution in [1.29, 1.82) is 0 Å². The summed E-state index contributed by atoms with van der Waals surface area (Å²) in [4.78, 5) is 16.4. The van der Waals surface area contributed by atoms with Crippen LogP contribution >= 0.6 is 12.4 Å². The zero-order valence-electron chi connectivity index (χ0n) is 18.4. The number of rotatable bonds is 11. The number of hydrogen-bond acceptors (Lipinski definition) is 5. The average Bonchev–Trinajstić information content (AvgIpc) is 2.80. The van der Waals surface area contributed by atoms with E-state index in [4.69, 9.17) is 9.47 Å². The Morgan fingerprint density at radius 3 is 1.90 bits per heavy atom. The number of hydrogen-bond donors (Lipinski definition) is 0. The molecule has 1 fully saturated rings. The average molecular weight is 447 g/mol. The maximum absolute atomic E-state index is 11.5. The van der Waals surface area contributed by atoms with Crippen LogP contribution in [0.5, 0.6) is 0 Å². The minimum absolute atomic E-state index is 0. The highest BCUT2D eigenvalue weighted by molar-refractivity contribution is 5.85. The first-order chi connectivity index (χ1) is 14.8. The van der Waals surface area contributed by atoms with Crippen molar-refractivity contribution in [3.05, 3.63) is 71.8 Å². The topological polar surface area (TPSA) is 42.0 Å². The van der Waals surface area contributed by atoms with Crippen LogP contribution < -0.4 is 0 Å². The Kier molecular flexibility index (Phi) is 11.6. The van der Waals surface area contributed by atoms with Gasteiger partial charge < -0.3 is 19.3 Å². The van der Waals surface area contributed by atoms with Crippen LogP contribution in [0.2, 0.25) is 0 Å². The highest BCUT2D eigenvalue weighted by Gasteiger charge is 2.18. The second-order valence-corrected chi connectivity index (χ2v) is 7.66. The lowest BCUT2D eigenvalue weighted by atomic mass is 10.0. The van der Waals surface area contributed by atoms with Crippen molar-refractivity contribution in [2.24, 2.45) is 0 Å². The molecule has 1 heterocycles. The van der Waals surface area contributed by atoms with E-state index in [0.717, 1.165) is 52.3 Å². The number of piperazine rings is 1. The quantitative estimate of drug-likeness (QED) is 0.382. The normalized spacial score (nSPS) is 14.9. The van der Waals surface area contributed by atoms with Gasteiger partial charge in [0.25, 0.3) is 0 Å². The molecule has 1 saturated heterocycles. The molecule has 0 saturated carbocycles. The van der Waals surface area contributed by atoms with Gasteiger partial charge in [0.1, 0.15) is 6.10 Å². The Labute approximate surface area is 192 Å². The van der Waals surface area contributed by atoms with Gasteiger partial charge in [-0.3, -0.25) is 4.79 Å². The number of nitrogens with zero attached hydrogens (tertiary/aromatic N) is 2. The van der Waals surface area contributed by atoms with Crippen molar-refractivity contribution in [3.8, 4) is 0 Å². The largest absolute Gasteiger partial charge is 0.466 e. The smallest absolute Gasteiger partial charge is 0.307 e. The van der Waals surface area contributed by atoms with Gasteiger partial charge in [0.15, 0.2) is 0 Å². The summed E-state index contributed by atoms with van der Waals surface area (Å²) in [5.41, 5.74) is 2.39. The van der Waals surface area contributed by atoms with Crippen LogP contribution in [0.4, 0.5) is 0 Å². The third-order valence-electron chi connectivity index (χ3n) is 5.51. The van der Waals surface area contributed by atoms with Gasteiger partial charge >= 0.3 is 5.97 Å². The summed E-state index contributed by atoms with van der Waals surface area (Å²) in [6.45, 7) is 9.00. The van der Waals surface area contributed by atoms with E-state index >= 15 is 0 Å². The van der Waals surface area contributed by atoms with E-state index in [-0.39, 0.29) is 24.5 Å². The molecule has 0 bridgehead atoms. The number of esters is 1. The van der Waals surface area contributed by atoms with Crippen molar-refractivity contribution in [2.45, 2.75) is 25.9 Å². The molecule has 5 nitrogen and oxygen atoms in total. The Morgan fingerprint density at radius 2 is 1.39 bits per heavy atom. The molecule has 0 aromatic heterocycles. The molecule has 2 aromatic rings. The third-order valence-corrected chi connectivity index (χ3v) is 5.51. The maximum atomic E-state index is 11.5. The molecule has 0 amide bonds. The molecule has 2 aromatic carbocycles. The minimum atomic E-state index is -0.0940. The van der Waals surface area contributed by atoms with Crippen LogP contribution in [0.1, 0.15) is 37.0 Å². The van der Waals surface area contributed by atoms with E-state index in [1.165, 1.54) is 11.1 Å². The van der Waals surface area contributed by atoms with Crippen LogP contribution in [-0.4, -0.2) is 68.3 Å². The maximum Gasteiger partial charge on any atom is 0.307 e. The van der Waals surface area contributed by atoms with Crippen LogP contribution in [0.15, 0.2) is 60.7 Å². The number of carbonyl (C=O) groups excluding carboxylic acids is 1. The van der Waals surface area contributed by atoms with Crippen molar-refractivity contribution in [2.75, 3.05) is 52.5 Å². The fraction of sp³-hybridized carbons (Fsp3) is 0.480. The first-order valence-electron chi connectivity index (χ1n) is 11.1. The third kappa shape index (κ3) is 8.62. The predicted molar refractivity (Wildman–Crippen MR) is 127 cm³/mol. The van der Waals surface area contributed by atoms with Crippen LogP contribution in [0.3, 0.4) is 0 Å². The van der Waals surface area contributed by atoms with E-state index in [1.807, 2.05) is 19.1 Å². The second-order valence-electron chi connectivity index (χ2n) is 7.66. The molecule has 0 aliphatic carbocycles. The first-order valence-corrected chi connectivity index (χ1v) is 11.1. The van der Waals surface area contributed by atoms with Crippen LogP contribution in [0, 0.1) is 0 Å². The van der Waals surface area contributed by atoms with E-state index in [1.54, 1.807) is 0 Å². The van der Waals surface area contributed by atoms with Gasteiger partial charge in [0, 0.05) is 45.9 Å². The Morgan fingerprint density at radius 1 is 0.871 bits per heavy atom. The number of carbonyl (C=O) groups is 1. The fourth-order valence-electron chi connectivity index (χ4n) is 3.85. The molecule has 0 atom stereocenters. The molecule has 0 spiro atoms. The van der Waals surface area contributed by atoms with E-state index in [2.05, 4.69) is 58.3 Å². The van der Waals surface area contributed by atoms with Gasteiger partial charge in [-0.05, 0) is 24.5 Å². The van der Waals surface area contributed by atoms with Crippen molar-refractivity contribution in [3.63, 3.8) is 0 Å². The zero-order chi connectivity index (χ0) is 21.0. The number of benzene rings is 2. The van der Waals surface area contributed by atoms with Gasteiger partial charge in [0.2, 0.25) is 0 Å². The standard InChI is InChI=1S/C25H34N2O3.ClH/c1-2-29-24(28)14-16-27-19-17-26(18-20-27)15-9-21-30-25(22-10-5-3-6-11-22)23-12-7-4-8-13-23;/h3-8,10-13,25H,2,9,14-21H2,1H3;1H. The molecule has 1 aliphatic rings. The molecule has 170 valence electrons. The fourth-order valence-corrected chi connectivity index (χ4v) is 3.85. The molecule has 1 aliphatic heterocycles. The Bertz CT molecular complexity index is 697. The second kappa shape index (κ2) is 14.2. The van der Waals surface area contributed by atoms with E-state index in [9.17, 15) is 4.79 Å². The summed E-state index contributed by atoms with van der Waals surface area (Å²) in [6, 6.07) is 20.9. The van der Waals surface area contributed by atoms with Gasteiger partial charge in [-0.2, -0.15) is 0 Å². The van der Waals surface area contributed by atoms with Crippen LogP contribution in [0.25, 0.3) is 0 Å². The van der Waals surface area contributed by atoms with Gasteiger partial charge in [0.05, 0.1) is 13.0 Å². The highest BCUT2D eigenvalue weighted by atomic mass is 35.5. The number of ether oxygens (including phenoxy) is 2. The van der Waals surface area contributed by atoms with Crippen molar-refractivity contribution >= 4 is 18.4 Å².